The van der Waals surface area contributed by atoms with Crippen LogP contribution >= 0.6 is 11.6 Å². The molecule has 2 rings (SSSR count). The summed E-state index contributed by atoms with van der Waals surface area (Å²) in [4.78, 5) is 11.9. The quantitative estimate of drug-likeness (QED) is 0.858. The van der Waals surface area contributed by atoms with Gasteiger partial charge in [-0.3, -0.25) is 4.79 Å². The second kappa shape index (κ2) is 5.29. The number of carbonyl (C=O) groups excluding carboxylic acids is 1. The van der Waals surface area contributed by atoms with Gasteiger partial charge in [-0.15, -0.1) is 0 Å². The molecule has 0 heterocycles. The molecule has 1 aromatic carbocycles. The first kappa shape index (κ1) is 13.4. The van der Waals surface area contributed by atoms with Crippen LogP contribution in [0.5, 0.6) is 0 Å². The molecule has 1 aromatic rings. The molecule has 0 aromatic heterocycles. The lowest BCUT2D eigenvalue weighted by atomic mass is 9.96. The molecular weight excluding hydrogens is 248 g/mol. The molecule has 0 bridgehead atoms. The summed E-state index contributed by atoms with van der Waals surface area (Å²) >= 11 is 5.81. The van der Waals surface area contributed by atoms with Gasteiger partial charge in [0.25, 0.3) is 0 Å². The first-order valence-corrected chi connectivity index (χ1v) is 6.69. The molecule has 1 aliphatic rings. The maximum atomic E-state index is 11.9. The second-order valence-electron chi connectivity index (χ2n) is 5.19. The first-order chi connectivity index (χ1) is 8.50. The van der Waals surface area contributed by atoms with E-state index in [2.05, 4.69) is 5.32 Å². The van der Waals surface area contributed by atoms with Crippen LogP contribution in [-0.2, 0) is 11.2 Å². The molecule has 1 saturated carbocycles. The number of amides is 1. The number of nitrogens with one attached hydrogen (secondary N) is 1. The molecule has 0 saturated heterocycles. The Morgan fingerprint density at radius 3 is 2.61 bits per heavy atom. The summed E-state index contributed by atoms with van der Waals surface area (Å²) in [6.45, 7) is 2.43. The monoisotopic (exact) mass is 266 g/mol. The van der Waals surface area contributed by atoms with E-state index < -0.39 is 5.54 Å². The van der Waals surface area contributed by atoms with Gasteiger partial charge in [0.05, 0.1) is 5.54 Å². The van der Waals surface area contributed by atoms with E-state index in [9.17, 15) is 4.79 Å². The summed E-state index contributed by atoms with van der Waals surface area (Å²) in [6, 6.07) is 7.65. The molecule has 1 atom stereocenters. The third kappa shape index (κ3) is 3.24. The summed E-state index contributed by atoms with van der Waals surface area (Å²) in [5.41, 5.74) is 6.48. The van der Waals surface area contributed by atoms with Crippen LogP contribution in [0.25, 0.3) is 0 Å². The topological polar surface area (TPSA) is 55.1 Å². The normalized spacial score (nSPS) is 18.2. The average molecular weight is 267 g/mol. The van der Waals surface area contributed by atoms with Crippen molar-refractivity contribution in [1.29, 1.82) is 0 Å². The number of hydrogen-bond donors (Lipinski definition) is 2. The van der Waals surface area contributed by atoms with Crippen LogP contribution in [0.15, 0.2) is 24.3 Å². The lowest BCUT2D eigenvalue weighted by molar-refractivity contribution is -0.126. The highest BCUT2D eigenvalue weighted by atomic mass is 35.5. The van der Waals surface area contributed by atoms with Crippen LogP contribution in [0.4, 0.5) is 0 Å². The molecule has 1 amide bonds. The van der Waals surface area contributed by atoms with Gasteiger partial charge in [0.1, 0.15) is 0 Å². The fraction of sp³-hybridized carbons (Fsp3) is 0.500. The van der Waals surface area contributed by atoms with E-state index >= 15 is 0 Å². The Hall–Kier alpha value is -1.06. The first-order valence-electron chi connectivity index (χ1n) is 6.32. The van der Waals surface area contributed by atoms with Crippen LogP contribution < -0.4 is 11.1 Å². The van der Waals surface area contributed by atoms with E-state index in [-0.39, 0.29) is 5.91 Å². The highest BCUT2D eigenvalue weighted by Gasteiger charge is 2.43. The van der Waals surface area contributed by atoms with Crippen molar-refractivity contribution in [1.82, 2.24) is 5.32 Å². The predicted molar refractivity (Wildman–Crippen MR) is 73.5 cm³/mol. The standard InChI is InChI=1S/C14H19ClN2O/c1-14(16,11-4-5-11)13(18)17-9-8-10-2-6-12(15)7-3-10/h2-3,6-7,11H,4-5,8-9,16H2,1H3,(H,17,18). The zero-order chi connectivity index (χ0) is 13.2. The number of hydrogen-bond acceptors (Lipinski definition) is 2. The molecule has 18 heavy (non-hydrogen) atoms. The van der Waals surface area contributed by atoms with Crippen molar-refractivity contribution in [2.75, 3.05) is 6.54 Å². The van der Waals surface area contributed by atoms with Crippen molar-refractivity contribution in [3.05, 3.63) is 34.9 Å². The van der Waals surface area contributed by atoms with Gasteiger partial charge in [0, 0.05) is 11.6 Å². The summed E-state index contributed by atoms with van der Waals surface area (Å²) in [6.07, 6.45) is 2.93. The SMILES string of the molecule is CC(N)(C(=O)NCCc1ccc(Cl)cc1)C1CC1. The van der Waals surface area contributed by atoms with E-state index in [1.165, 1.54) is 0 Å². The Morgan fingerprint density at radius 2 is 2.06 bits per heavy atom. The van der Waals surface area contributed by atoms with Crippen LogP contribution in [0.3, 0.4) is 0 Å². The van der Waals surface area contributed by atoms with E-state index in [4.69, 9.17) is 17.3 Å². The molecular formula is C14H19ClN2O. The van der Waals surface area contributed by atoms with Gasteiger partial charge in [0.2, 0.25) is 5.91 Å². The van der Waals surface area contributed by atoms with Crippen LogP contribution in [0.2, 0.25) is 5.02 Å². The van der Waals surface area contributed by atoms with Gasteiger partial charge in [-0.25, -0.2) is 0 Å². The molecule has 98 valence electrons. The number of benzene rings is 1. The van der Waals surface area contributed by atoms with Crippen molar-refractivity contribution >= 4 is 17.5 Å². The minimum Gasteiger partial charge on any atom is -0.354 e. The van der Waals surface area contributed by atoms with Gasteiger partial charge in [0.15, 0.2) is 0 Å². The Kier molecular flexibility index (Phi) is 3.93. The molecule has 0 spiro atoms. The number of halogens is 1. The van der Waals surface area contributed by atoms with E-state index in [1.807, 2.05) is 31.2 Å². The Balaban J connectivity index is 1.78. The third-order valence-corrected chi connectivity index (χ3v) is 3.78. The highest BCUT2D eigenvalue weighted by Crippen LogP contribution is 2.38. The molecule has 1 unspecified atom stereocenters. The number of nitrogens with two attached hydrogens (primary N) is 1. The van der Waals surface area contributed by atoms with Crippen LogP contribution in [0, 0.1) is 5.92 Å². The minimum absolute atomic E-state index is 0.0426. The summed E-state index contributed by atoms with van der Waals surface area (Å²) in [5.74, 6) is 0.312. The van der Waals surface area contributed by atoms with Crippen molar-refractivity contribution in [3.8, 4) is 0 Å². The zero-order valence-corrected chi connectivity index (χ0v) is 11.3. The van der Waals surface area contributed by atoms with E-state index in [0.29, 0.717) is 12.5 Å². The van der Waals surface area contributed by atoms with Crippen LogP contribution in [-0.4, -0.2) is 18.0 Å². The largest absolute Gasteiger partial charge is 0.354 e. The Labute approximate surface area is 113 Å². The lowest BCUT2D eigenvalue weighted by Crippen LogP contribution is -2.53. The van der Waals surface area contributed by atoms with Crippen LogP contribution in [0.1, 0.15) is 25.3 Å². The minimum atomic E-state index is -0.708. The number of carbonyl (C=O) groups is 1. The molecule has 0 radical (unpaired) electrons. The van der Waals surface area contributed by atoms with Crippen molar-refractivity contribution in [2.45, 2.75) is 31.7 Å². The maximum absolute atomic E-state index is 11.9. The van der Waals surface area contributed by atoms with Crippen molar-refractivity contribution in [3.63, 3.8) is 0 Å². The number of rotatable bonds is 5. The average Bonchev–Trinajstić information content (AvgIpc) is 3.15. The van der Waals surface area contributed by atoms with Crippen molar-refractivity contribution < 1.29 is 4.79 Å². The van der Waals surface area contributed by atoms with Gasteiger partial charge < -0.3 is 11.1 Å². The smallest absolute Gasteiger partial charge is 0.240 e. The molecule has 3 nitrogen and oxygen atoms in total. The summed E-state index contributed by atoms with van der Waals surface area (Å²) < 4.78 is 0. The maximum Gasteiger partial charge on any atom is 0.240 e. The summed E-state index contributed by atoms with van der Waals surface area (Å²) in [5, 5.41) is 3.64. The third-order valence-electron chi connectivity index (χ3n) is 3.53. The van der Waals surface area contributed by atoms with E-state index in [0.717, 1.165) is 29.8 Å². The Morgan fingerprint density at radius 1 is 1.44 bits per heavy atom. The van der Waals surface area contributed by atoms with E-state index in [1.54, 1.807) is 0 Å². The second-order valence-corrected chi connectivity index (χ2v) is 5.63. The summed E-state index contributed by atoms with van der Waals surface area (Å²) in [7, 11) is 0. The molecule has 1 fully saturated rings. The molecule has 3 N–H and O–H groups in total. The van der Waals surface area contributed by atoms with Gasteiger partial charge in [-0.05, 0) is 49.8 Å². The van der Waals surface area contributed by atoms with Gasteiger partial charge in [-0.1, -0.05) is 23.7 Å². The van der Waals surface area contributed by atoms with Gasteiger partial charge >= 0.3 is 0 Å². The molecule has 0 aliphatic heterocycles. The van der Waals surface area contributed by atoms with Crippen molar-refractivity contribution in [2.24, 2.45) is 11.7 Å². The fourth-order valence-electron chi connectivity index (χ4n) is 2.03. The molecule has 1 aliphatic carbocycles. The fourth-order valence-corrected chi connectivity index (χ4v) is 2.16. The highest BCUT2D eigenvalue weighted by molar-refractivity contribution is 6.30. The van der Waals surface area contributed by atoms with Gasteiger partial charge in [-0.2, -0.15) is 0 Å². The zero-order valence-electron chi connectivity index (χ0n) is 10.6. The lowest BCUT2D eigenvalue weighted by Gasteiger charge is -2.23. The Bertz CT molecular complexity index is 424. The predicted octanol–water partition coefficient (Wildman–Crippen LogP) is 2.13. The molecule has 4 heteroatoms.